The van der Waals surface area contributed by atoms with Crippen LogP contribution in [0.5, 0.6) is 5.75 Å². The highest BCUT2D eigenvalue weighted by atomic mass is 16.5. The standard InChI is InChI=1S/C17H26N2O2/c1-12-4-5-13(2)16(10-12)21-9-7-17(20)19-15-6-8-18-11-14(15)3/h4-5,10,14-15,18H,6-9,11H2,1-3H3,(H,19,20). The van der Waals surface area contributed by atoms with Gasteiger partial charge in [0.25, 0.3) is 0 Å². The smallest absolute Gasteiger partial charge is 0.223 e. The van der Waals surface area contributed by atoms with Crippen LogP contribution in [0.15, 0.2) is 18.2 Å². The van der Waals surface area contributed by atoms with Crippen molar-refractivity contribution in [3.8, 4) is 5.75 Å². The largest absolute Gasteiger partial charge is 0.493 e. The van der Waals surface area contributed by atoms with Gasteiger partial charge in [-0.15, -0.1) is 0 Å². The molecule has 0 aliphatic carbocycles. The Bertz CT molecular complexity index is 488. The lowest BCUT2D eigenvalue weighted by Crippen LogP contribution is -2.48. The molecule has 21 heavy (non-hydrogen) atoms. The zero-order valence-corrected chi connectivity index (χ0v) is 13.2. The zero-order chi connectivity index (χ0) is 15.2. The molecule has 1 saturated heterocycles. The molecule has 0 saturated carbocycles. The number of nitrogens with one attached hydrogen (secondary N) is 2. The molecule has 0 bridgehead atoms. The number of rotatable bonds is 5. The van der Waals surface area contributed by atoms with Crippen LogP contribution in [0, 0.1) is 19.8 Å². The van der Waals surface area contributed by atoms with Crippen LogP contribution < -0.4 is 15.4 Å². The second-order valence-electron chi connectivity index (χ2n) is 6.01. The Morgan fingerprint density at radius 1 is 1.43 bits per heavy atom. The Kier molecular flexibility index (Phi) is 5.62. The SMILES string of the molecule is Cc1ccc(C)c(OCCC(=O)NC2CCNCC2C)c1. The Balaban J connectivity index is 1.75. The van der Waals surface area contributed by atoms with Crippen LogP contribution >= 0.6 is 0 Å². The molecule has 1 heterocycles. The van der Waals surface area contributed by atoms with Crippen molar-refractivity contribution in [3.63, 3.8) is 0 Å². The van der Waals surface area contributed by atoms with Crippen LogP contribution in [-0.2, 0) is 4.79 Å². The van der Waals surface area contributed by atoms with E-state index in [1.807, 2.05) is 26.0 Å². The van der Waals surface area contributed by atoms with E-state index >= 15 is 0 Å². The molecule has 1 aromatic carbocycles. The van der Waals surface area contributed by atoms with Gasteiger partial charge in [-0.3, -0.25) is 4.79 Å². The van der Waals surface area contributed by atoms with E-state index in [0.29, 0.717) is 25.0 Å². The van der Waals surface area contributed by atoms with Gasteiger partial charge >= 0.3 is 0 Å². The van der Waals surface area contributed by atoms with Gasteiger partial charge in [0.15, 0.2) is 0 Å². The van der Waals surface area contributed by atoms with Crippen LogP contribution in [-0.4, -0.2) is 31.6 Å². The lowest BCUT2D eigenvalue weighted by molar-refractivity contribution is -0.122. The summed E-state index contributed by atoms with van der Waals surface area (Å²) >= 11 is 0. The number of ether oxygens (including phenoxy) is 1. The summed E-state index contributed by atoms with van der Waals surface area (Å²) in [6.07, 6.45) is 1.41. The third kappa shape index (κ3) is 4.74. The normalized spacial score (nSPS) is 21.9. The van der Waals surface area contributed by atoms with Gasteiger partial charge in [0, 0.05) is 6.04 Å². The summed E-state index contributed by atoms with van der Waals surface area (Å²) in [5.74, 6) is 1.44. The number of benzene rings is 1. The molecule has 0 radical (unpaired) electrons. The first kappa shape index (κ1) is 15.8. The fraction of sp³-hybridized carbons (Fsp3) is 0.588. The van der Waals surface area contributed by atoms with Crippen molar-refractivity contribution in [2.24, 2.45) is 5.92 Å². The zero-order valence-electron chi connectivity index (χ0n) is 13.2. The van der Waals surface area contributed by atoms with Crippen molar-refractivity contribution in [1.82, 2.24) is 10.6 Å². The van der Waals surface area contributed by atoms with Crippen molar-refractivity contribution < 1.29 is 9.53 Å². The minimum atomic E-state index is 0.0825. The van der Waals surface area contributed by atoms with Crippen molar-refractivity contribution in [2.75, 3.05) is 19.7 Å². The topological polar surface area (TPSA) is 50.4 Å². The van der Waals surface area contributed by atoms with E-state index in [4.69, 9.17) is 4.74 Å². The lowest BCUT2D eigenvalue weighted by Gasteiger charge is -2.30. The van der Waals surface area contributed by atoms with Gasteiger partial charge in [0.05, 0.1) is 13.0 Å². The van der Waals surface area contributed by atoms with Crippen LogP contribution in [0.1, 0.15) is 30.9 Å². The number of aryl methyl sites for hydroxylation is 2. The minimum absolute atomic E-state index is 0.0825. The molecule has 2 unspecified atom stereocenters. The van der Waals surface area contributed by atoms with Crippen LogP contribution in [0.3, 0.4) is 0 Å². The molecule has 1 fully saturated rings. The highest BCUT2D eigenvalue weighted by molar-refractivity contribution is 5.76. The van der Waals surface area contributed by atoms with E-state index in [1.165, 1.54) is 5.56 Å². The predicted molar refractivity (Wildman–Crippen MR) is 84.6 cm³/mol. The first-order chi connectivity index (χ1) is 10.1. The van der Waals surface area contributed by atoms with Crippen molar-refractivity contribution >= 4 is 5.91 Å². The molecule has 1 aliphatic heterocycles. The maximum Gasteiger partial charge on any atom is 0.223 e. The molecule has 4 nitrogen and oxygen atoms in total. The van der Waals surface area contributed by atoms with Crippen molar-refractivity contribution in [2.45, 2.75) is 39.7 Å². The van der Waals surface area contributed by atoms with Crippen LogP contribution in [0.4, 0.5) is 0 Å². The van der Waals surface area contributed by atoms with Gasteiger partial charge in [-0.1, -0.05) is 19.1 Å². The molecule has 2 rings (SSSR count). The van der Waals surface area contributed by atoms with Gasteiger partial charge in [0.2, 0.25) is 5.91 Å². The summed E-state index contributed by atoms with van der Waals surface area (Å²) < 4.78 is 5.73. The first-order valence-electron chi connectivity index (χ1n) is 7.76. The Morgan fingerprint density at radius 3 is 3.00 bits per heavy atom. The molecular weight excluding hydrogens is 264 g/mol. The summed E-state index contributed by atoms with van der Waals surface area (Å²) in [6, 6.07) is 6.41. The molecule has 0 spiro atoms. The predicted octanol–water partition coefficient (Wildman–Crippen LogP) is 2.19. The quantitative estimate of drug-likeness (QED) is 0.874. The monoisotopic (exact) mass is 290 g/mol. The van der Waals surface area contributed by atoms with E-state index in [-0.39, 0.29) is 5.91 Å². The number of hydrogen-bond donors (Lipinski definition) is 2. The summed E-state index contributed by atoms with van der Waals surface area (Å²) in [4.78, 5) is 12.0. The van der Waals surface area contributed by atoms with E-state index in [0.717, 1.165) is 30.8 Å². The van der Waals surface area contributed by atoms with E-state index in [2.05, 4.69) is 23.6 Å². The Labute approximate surface area is 127 Å². The van der Waals surface area contributed by atoms with E-state index in [9.17, 15) is 4.79 Å². The third-order valence-corrected chi connectivity index (χ3v) is 4.06. The van der Waals surface area contributed by atoms with Gasteiger partial charge in [-0.05, 0) is 56.5 Å². The maximum absolute atomic E-state index is 12.0. The van der Waals surface area contributed by atoms with Crippen LogP contribution in [0.25, 0.3) is 0 Å². The van der Waals surface area contributed by atoms with Gasteiger partial charge in [0.1, 0.15) is 5.75 Å². The summed E-state index contributed by atoms with van der Waals surface area (Å²) in [5.41, 5.74) is 2.27. The minimum Gasteiger partial charge on any atom is -0.493 e. The Hall–Kier alpha value is -1.55. The van der Waals surface area contributed by atoms with Crippen molar-refractivity contribution in [3.05, 3.63) is 29.3 Å². The van der Waals surface area contributed by atoms with Gasteiger partial charge in [-0.2, -0.15) is 0 Å². The molecule has 116 valence electrons. The van der Waals surface area contributed by atoms with Crippen molar-refractivity contribution in [1.29, 1.82) is 0 Å². The number of carbonyl (C=O) groups is 1. The summed E-state index contributed by atoms with van der Waals surface area (Å²) in [5, 5.41) is 6.46. The fourth-order valence-corrected chi connectivity index (χ4v) is 2.62. The average molecular weight is 290 g/mol. The highest BCUT2D eigenvalue weighted by Crippen LogP contribution is 2.19. The van der Waals surface area contributed by atoms with Gasteiger partial charge < -0.3 is 15.4 Å². The molecule has 0 aromatic heterocycles. The average Bonchev–Trinajstić information content (AvgIpc) is 2.45. The number of carbonyl (C=O) groups excluding carboxylic acids is 1. The Morgan fingerprint density at radius 2 is 2.24 bits per heavy atom. The molecule has 2 atom stereocenters. The summed E-state index contributed by atoms with van der Waals surface area (Å²) in [7, 11) is 0. The molecule has 2 N–H and O–H groups in total. The maximum atomic E-state index is 12.0. The number of piperidine rings is 1. The fourth-order valence-electron chi connectivity index (χ4n) is 2.62. The second kappa shape index (κ2) is 7.46. The number of amides is 1. The van der Waals surface area contributed by atoms with Crippen LogP contribution in [0.2, 0.25) is 0 Å². The third-order valence-electron chi connectivity index (χ3n) is 4.06. The lowest BCUT2D eigenvalue weighted by atomic mass is 9.95. The summed E-state index contributed by atoms with van der Waals surface area (Å²) in [6.45, 7) is 8.61. The van der Waals surface area contributed by atoms with Gasteiger partial charge in [-0.25, -0.2) is 0 Å². The van der Waals surface area contributed by atoms with E-state index in [1.54, 1.807) is 0 Å². The molecular formula is C17H26N2O2. The molecule has 1 aliphatic rings. The molecule has 1 aromatic rings. The molecule has 4 heteroatoms. The van der Waals surface area contributed by atoms with E-state index < -0.39 is 0 Å². The second-order valence-corrected chi connectivity index (χ2v) is 6.01. The highest BCUT2D eigenvalue weighted by Gasteiger charge is 2.22. The number of hydrogen-bond acceptors (Lipinski definition) is 3. The first-order valence-corrected chi connectivity index (χ1v) is 7.76. The molecule has 1 amide bonds.